The summed E-state index contributed by atoms with van der Waals surface area (Å²) in [7, 11) is 0. The molecule has 0 heterocycles. The van der Waals surface area contributed by atoms with E-state index in [1.54, 1.807) is 0 Å². The fourth-order valence-corrected chi connectivity index (χ4v) is 1.57. The lowest BCUT2D eigenvalue weighted by atomic mass is 9.82. The third-order valence-electron chi connectivity index (χ3n) is 3.01. The van der Waals surface area contributed by atoms with Gasteiger partial charge in [-0.3, -0.25) is 4.79 Å². The lowest BCUT2D eigenvalue weighted by Gasteiger charge is -2.31. The Morgan fingerprint density at radius 1 is 1.20 bits per heavy atom. The smallest absolute Gasteiger partial charge is 0.220 e. The third-order valence-corrected chi connectivity index (χ3v) is 3.01. The number of hydrogen-bond donors (Lipinski definition) is 4. The summed E-state index contributed by atoms with van der Waals surface area (Å²) in [5, 5.41) is 29.5. The highest BCUT2D eigenvalue weighted by atomic mass is 16.3. The zero-order valence-corrected chi connectivity index (χ0v) is 8.78. The minimum absolute atomic E-state index is 0.211. The number of amides is 1. The Hall–Kier alpha value is -0.650. The molecule has 15 heavy (non-hydrogen) atoms. The lowest BCUT2D eigenvalue weighted by molar-refractivity contribution is -0.126. The Kier molecular flexibility index (Phi) is 4.50. The summed E-state index contributed by atoms with van der Waals surface area (Å²) < 4.78 is 0. The first-order valence-corrected chi connectivity index (χ1v) is 5.29. The van der Waals surface area contributed by atoms with Crippen molar-refractivity contribution in [2.75, 3.05) is 19.8 Å². The largest absolute Gasteiger partial charge is 0.394 e. The van der Waals surface area contributed by atoms with Crippen molar-refractivity contribution in [3.05, 3.63) is 0 Å². The predicted octanol–water partition coefficient (Wildman–Crippen LogP) is -0.992. The molecule has 5 nitrogen and oxygen atoms in total. The molecule has 1 aliphatic rings. The summed E-state index contributed by atoms with van der Waals surface area (Å²) in [6.07, 6.45) is 3.72. The van der Waals surface area contributed by atoms with Crippen molar-refractivity contribution >= 4 is 5.91 Å². The maximum absolute atomic E-state index is 11.5. The summed E-state index contributed by atoms with van der Waals surface area (Å²) in [5.41, 5.74) is -1.28. The quantitative estimate of drug-likeness (QED) is 0.460. The first-order valence-electron chi connectivity index (χ1n) is 5.29. The van der Waals surface area contributed by atoms with E-state index < -0.39 is 25.4 Å². The molecule has 1 rings (SSSR count). The van der Waals surface area contributed by atoms with E-state index in [0.717, 1.165) is 12.8 Å². The van der Waals surface area contributed by atoms with Crippen LogP contribution in [0.3, 0.4) is 0 Å². The average Bonchev–Trinajstić information content (AvgIpc) is 2.20. The minimum Gasteiger partial charge on any atom is -0.394 e. The van der Waals surface area contributed by atoms with Gasteiger partial charge in [-0.25, -0.2) is 0 Å². The van der Waals surface area contributed by atoms with Crippen LogP contribution in [0.2, 0.25) is 0 Å². The number of carbonyl (C=O) groups is 1. The van der Waals surface area contributed by atoms with Crippen LogP contribution < -0.4 is 5.32 Å². The molecule has 0 aromatic heterocycles. The molecule has 0 atom stereocenters. The zero-order chi connectivity index (χ0) is 11.3. The molecule has 1 fully saturated rings. The van der Waals surface area contributed by atoms with Crippen molar-refractivity contribution in [3.8, 4) is 0 Å². The Morgan fingerprint density at radius 3 is 2.07 bits per heavy atom. The van der Waals surface area contributed by atoms with Gasteiger partial charge in [-0.05, 0) is 18.8 Å². The summed E-state index contributed by atoms with van der Waals surface area (Å²) in [5.74, 6) is 0.218. The van der Waals surface area contributed by atoms with Crippen molar-refractivity contribution < 1.29 is 20.1 Å². The van der Waals surface area contributed by atoms with Gasteiger partial charge in [0, 0.05) is 6.42 Å². The van der Waals surface area contributed by atoms with Crippen molar-refractivity contribution in [2.45, 2.75) is 31.2 Å². The standard InChI is InChI=1S/C10H19NO4/c12-5-10(6-13,7-14)11-9(15)4-8-2-1-3-8/h8,12-14H,1-7H2,(H,11,15). The second-order valence-corrected chi connectivity index (χ2v) is 4.30. The van der Waals surface area contributed by atoms with Crippen LogP contribution in [-0.4, -0.2) is 46.6 Å². The fraction of sp³-hybridized carbons (Fsp3) is 0.900. The van der Waals surface area contributed by atoms with Crippen molar-refractivity contribution in [2.24, 2.45) is 5.92 Å². The molecule has 0 aliphatic heterocycles. The molecule has 0 aromatic rings. The van der Waals surface area contributed by atoms with Gasteiger partial charge in [-0.1, -0.05) is 6.42 Å². The highest BCUT2D eigenvalue weighted by Gasteiger charge is 2.31. The molecule has 0 radical (unpaired) electrons. The summed E-state index contributed by atoms with van der Waals surface area (Å²) in [6, 6.07) is 0. The van der Waals surface area contributed by atoms with Crippen molar-refractivity contribution in [3.63, 3.8) is 0 Å². The van der Waals surface area contributed by atoms with Crippen molar-refractivity contribution in [1.29, 1.82) is 0 Å². The molecule has 0 bridgehead atoms. The van der Waals surface area contributed by atoms with Gasteiger partial charge in [-0.15, -0.1) is 0 Å². The Labute approximate surface area is 89.1 Å². The average molecular weight is 217 g/mol. The van der Waals surface area contributed by atoms with Crippen LogP contribution in [0.15, 0.2) is 0 Å². The second kappa shape index (κ2) is 5.44. The van der Waals surface area contributed by atoms with E-state index in [1.807, 2.05) is 0 Å². The van der Waals surface area contributed by atoms with Crippen molar-refractivity contribution in [1.82, 2.24) is 5.32 Å². The van der Waals surface area contributed by atoms with Gasteiger partial charge >= 0.3 is 0 Å². The van der Waals surface area contributed by atoms with Gasteiger partial charge in [0.2, 0.25) is 5.91 Å². The van der Waals surface area contributed by atoms with E-state index >= 15 is 0 Å². The number of aliphatic hydroxyl groups excluding tert-OH is 3. The third kappa shape index (κ3) is 3.15. The van der Waals surface area contributed by atoms with E-state index in [-0.39, 0.29) is 5.91 Å². The molecule has 88 valence electrons. The van der Waals surface area contributed by atoms with Gasteiger partial charge in [0.1, 0.15) is 5.54 Å². The van der Waals surface area contributed by atoms with E-state index in [1.165, 1.54) is 6.42 Å². The Balaban J connectivity index is 2.38. The summed E-state index contributed by atoms with van der Waals surface area (Å²) in [6.45, 7) is -1.39. The van der Waals surface area contributed by atoms with E-state index in [4.69, 9.17) is 15.3 Å². The van der Waals surface area contributed by atoms with Crippen LogP contribution in [0, 0.1) is 5.92 Å². The highest BCUT2D eigenvalue weighted by molar-refractivity contribution is 5.77. The predicted molar refractivity (Wildman–Crippen MR) is 54.1 cm³/mol. The normalized spacial score (nSPS) is 17.3. The highest BCUT2D eigenvalue weighted by Crippen LogP contribution is 2.29. The number of nitrogens with one attached hydrogen (secondary N) is 1. The zero-order valence-electron chi connectivity index (χ0n) is 8.78. The lowest BCUT2D eigenvalue weighted by Crippen LogP contribution is -2.57. The molecule has 0 aromatic carbocycles. The first kappa shape index (κ1) is 12.4. The van der Waals surface area contributed by atoms with Crippen LogP contribution in [-0.2, 0) is 4.79 Å². The fourth-order valence-electron chi connectivity index (χ4n) is 1.57. The number of rotatable bonds is 6. The van der Waals surface area contributed by atoms with Gasteiger partial charge in [0.15, 0.2) is 0 Å². The van der Waals surface area contributed by atoms with Gasteiger partial charge in [0.05, 0.1) is 19.8 Å². The number of aliphatic hydroxyl groups is 3. The first-order chi connectivity index (χ1) is 7.15. The Bertz CT molecular complexity index is 203. The van der Waals surface area contributed by atoms with E-state index in [2.05, 4.69) is 5.32 Å². The monoisotopic (exact) mass is 217 g/mol. The molecule has 0 saturated heterocycles. The molecule has 0 unspecified atom stereocenters. The topological polar surface area (TPSA) is 89.8 Å². The summed E-state index contributed by atoms with van der Waals surface area (Å²) >= 11 is 0. The maximum atomic E-state index is 11.5. The maximum Gasteiger partial charge on any atom is 0.220 e. The molecular formula is C10H19NO4. The van der Waals surface area contributed by atoms with Crippen LogP contribution >= 0.6 is 0 Å². The molecule has 5 heteroatoms. The Morgan fingerprint density at radius 2 is 1.73 bits per heavy atom. The van der Waals surface area contributed by atoms with Gasteiger partial charge < -0.3 is 20.6 Å². The minimum atomic E-state index is -1.28. The number of carbonyl (C=O) groups excluding carboxylic acids is 1. The van der Waals surface area contributed by atoms with Gasteiger partial charge in [0.25, 0.3) is 0 Å². The van der Waals surface area contributed by atoms with Crippen LogP contribution in [0.1, 0.15) is 25.7 Å². The van der Waals surface area contributed by atoms with E-state index in [9.17, 15) is 4.79 Å². The second-order valence-electron chi connectivity index (χ2n) is 4.30. The molecule has 1 aliphatic carbocycles. The molecule has 1 saturated carbocycles. The van der Waals surface area contributed by atoms with E-state index in [0.29, 0.717) is 12.3 Å². The molecule has 0 spiro atoms. The van der Waals surface area contributed by atoms with Crippen LogP contribution in [0.4, 0.5) is 0 Å². The summed E-state index contributed by atoms with van der Waals surface area (Å²) in [4.78, 5) is 11.5. The van der Waals surface area contributed by atoms with Crippen LogP contribution in [0.5, 0.6) is 0 Å². The van der Waals surface area contributed by atoms with Gasteiger partial charge in [-0.2, -0.15) is 0 Å². The number of hydrogen-bond acceptors (Lipinski definition) is 4. The molecule has 4 N–H and O–H groups in total. The molecular weight excluding hydrogens is 198 g/mol. The SMILES string of the molecule is O=C(CC1CCC1)NC(CO)(CO)CO. The van der Waals surface area contributed by atoms with Crippen LogP contribution in [0.25, 0.3) is 0 Å². The molecule has 1 amide bonds.